The maximum Gasteiger partial charge on any atom is 0.183 e. The highest BCUT2D eigenvalue weighted by atomic mass is 32.1. The second-order valence-corrected chi connectivity index (χ2v) is 6.33. The molecule has 2 rings (SSSR count). The van der Waals surface area contributed by atoms with Crippen molar-refractivity contribution >= 4 is 27.8 Å². The van der Waals surface area contributed by atoms with Gasteiger partial charge in [0.05, 0.1) is 15.6 Å². The zero-order valence-electron chi connectivity index (χ0n) is 11.1. The first kappa shape index (κ1) is 13.5. The topological polar surface area (TPSA) is 37.8 Å². The summed E-state index contributed by atoms with van der Waals surface area (Å²) in [5.41, 5.74) is 1.05. The lowest BCUT2D eigenvalue weighted by atomic mass is 10.3. The predicted octanol–water partition coefficient (Wildman–Crippen LogP) is 4.43. The van der Waals surface area contributed by atoms with E-state index in [1.165, 1.54) is 9.88 Å². The zero-order valence-corrected chi connectivity index (χ0v) is 12.7. The van der Waals surface area contributed by atoms with Crippen molar-refractivity contribution in [2.75, 3.05) is 5.32 Å². The largest absolute Gasteiger partial charge is 0.359 e. The Morgan fingerprint density at radius 1 is 1.39 bits per heavy atom. The molecule has 0 radical (unpaired) electrons. The summed E-state index contributed by atoms with van der Waals surface area (Å²) in [6, 6.07) is 0.473. The molecule has 98 valence electrons. The molecule has 0 spiro atoms. The highest BCUT2D eigenvalue weighted by Gasteiger charge is 2.09. The summed E-state index contributed by atoms with van der Waals surface area (Å²) in [6.07, 6.45) is 5.26. The van der Waals surface area contributed by atoms with Crippen molar-refractivity contribution in [3.63, 3.8) is 0 Å². The molecule has 0 aliphatic carbocycles. The van der Waals surface area contributed by atoms with Gasteiger partial charge in [0.25, 0.3) is 0 Å². The molecule has 0 bridgehead atoms. The minimum Gasteiger partial charge on any atom is -0.359 e. The van der Waals surface area contributed by atoms with Gasteiger partial charge in [-0.15, -0.1) is 22.7 Å². The van der Waals surface area contributed by atoms with Gasteiger partial charge in [0.15, 0.2) is 5.13 Å². The average Bonchev–Trinajstić information content (AvgIpc) is 2.98. The van der Waals surface area contributed by atoms with Gasteiger partial charge >= 0.3 is 0 Å². The molecule has 1 N–H and O–H groups in total. The summed E-state index contributed by atoms with van der Waals surface area (Å²) in [5.74, 6) is 0. The summed E-state index contributed by atoms with van der Waals surface area (Å²) < 4.78 is 0. The van der Waals surface area contributed by atoms with E-state index in [-0.39, 0.29) is 0 Å². The molecular formula is C13H19N3S2. The lowest BCUT2D eigenvalue weighted by Gasteiger charge is -2.08. The number of aryl methyl sites for hydroxylation is 1. The molecule has 2 heterocycles. The van der Waals surface area contributed by atoms with Crippen LogP contribution in [0, 0.1) is 0 Å². The molecular weight excluding hydrogens is 262 g/mol. The number of thiazole rings is 2. The molecule has 0 saturated carbocycles. The van der Waals surface area contributed by atoms with Crippen LogP contribution in [0.1, 0.15) is 38.6 Å². The fraction of sp³-hybridized carbons (Fsp3) is 0.538. The minimum absolute atomic E-state index is 0.473. The van der Waals surface area contributed by atoms with E-state index >= 15 is 0 Å². The average molecular weight is 281 g/mol. The first-order chi connectivity index (χ1) is 8.72. The van der Waals surface area contributed by atoms with Gasteiger partial charge in [-0.1, -0.05) is 13.8 Å². The van der Waals surface area contributed by atoms with Gasteiger partial charge < -0.3 is 5.32 Å². The number of nitrogens with one attached hydrogen (secondary N) is 1. The molecule has 5 heteroatoms. The van der Waals surface area contributed by atoms with E-state index in [0.717, 1.165) is 30.1 Å². The molecule has 0 aliphatic rings. The first-order valence-corrected chi connectivity index (χ1v) is 8.09. The van der Waals surface area contributed by atoms with Gasteiger partial charge in [-0.2, -0.15) is 0 Å². The van der Waals surface area contributed by atoms with Crippen molar-refractivity contribution in [3.8, 4) is 10.6 Å². The second kappa shape index (κ2) is 6.29. The van der Waals surface area contributed by atoms with E-state index in [9.17, 15) is 0 Å². The van der Waals surface area contributed by atoms with E-state index in [2.05, 4.69) is 41.4 Å². The smallest absolute Gasteiger partial charge is 0.183 e. The Hall–Kier alpha value is -0.940. The lowest BCUT2D eigenvalue weighted by Crippen LogP contribution is -2.12. The van der Waals surface area contributed by atoms with Gasteiger partial charge in [0, 0.05) is 17.6 Å². The van der Waals surface area contributed by atoms with Gasteiger partial charge in [-0.05, 0) is 26.2 Å². The lowest BCUT2D eigenvalue weighted by molar-refractivity contribution is 0.763. The molecule has 0 aliphatic heterocycles. The summed E-state index contributed by atoms with van der Waals surface area (Å²) in [7, 11) is 0. The van der Waals surface area contributed by atoms with Crippen LogP contribution < -0.4 is 5.32 Å². The highest BCUT2D eigenvalue weighted by Crippen LogP contribution is 2.30. The van der Waals surface area contributed by atoms with Crippen molar-refractivity contribution in [1.82, 2.24) is 9.97 Å². The number of hydrogen-bond acceptors (Lipinski definition) is 5. The number of aromatic nitrogens is 2. The third kappa shape index (κ3) is 3.29. The van der Waals surface area contributed by atoms with E-state index in [1.54, 1.807) is 22.7 Å². The van der Waals surface area contributed by atoms with Gasteiger partial charge in [0.2, 0.25) is 0 Å². The van der Waals surface area contributed by atoms with Crippen LogP contribution in [0.3, 0.4) is 0 Å². The summed E-state index contributed by atoms with van der Waals surface area (Å²) in [4.78, 5) is 10.2. The number of rotatable bonds is 6. The Bertz CT molecular complexity index is 490. The van der Waals surface area contributed by atoms with Gasteiger partial charge in [0.1, 0.15) is 0 Å². The number of hydrogen-bond donors (Lipinski definition) is 1. The van der Waals surface area contributed by atoms with E-state index < -0.39 is 0 Å². The summed E-state index contributed by atoms with van der Waals surface area (Å²) >= 11 is 3.42. The van der Waals surface area contributed by atoms with Crippen molar-refractivity contribution < 1.29 is 0 Å². The maximum absolute atomic E-state index is 4.62. The van der Waals surface area contributed by atoms with Crippen LogP contribution in [0.2, 0.25) is 0 Å². The third-order valence-corrected chi connectivity index (χ3v) is 4.61. The standard InChI is InChI=1S/C13H19N3S2/c1-4-6-12-14-7-11(18-12)10-8-17-13(16-10)15-9(3)5-2/h7-9H,4-6H2,1-3H3,(H,15,16). The maximum atomic E-state index is 4.62. The Morgan fingerprint density at radius 2 is 2.22 bits per heavy atom. The molecule has 1 atom stereocenters. The van der Waals surface area contributed by atoms with Crippen molar-refractivity contribution in [2.24, 2.45) is 0 Å². The van der Waals surface area contributed by atoms with Crippen molar-refractivity contribution in [1.29, 1.82) is 0 Å². The van der Waals surface area contributed by atoms with Gasteiger partial charge in [-0.25, -0.2) is 9.97 Å². The fourth-order valence-corrected chi connectivity index (χ4v) is 3.40. The quantitative estimate of drug-likeness (QED) is 0.851. The van der Waals surface area contributed by atoms with Crippen molar-refractivity contribution in [2.45, 2.75) is 46.1 Å². The van der Waals surface area contributed by atoms with Gasteiger partial charge in [-0.3, -0.25) is 0 Å². The fourth-order valence-electron chi connectivity index (χ4n) is 1.52. The molecule has 3 nitrogen and oxygen atoms in total. The SMILES string of the molecule is CCCc1ncc(-c2csc(NC(C)CC)n2)s1. The van der Waals surface area contributed by atoms with Crippen LogP contribution in [0.15, 0.2) is 11.6 Å². The third-order valence-electron chi connectivity index (χ3n) is 2.76. The van der Waals surface area contributed by atoms with Crippen LogP contribution in [0.4, 0.5) is 5.13 Å². The second-order valence-electron chi connectivity index (χ2n) is 4.36. The Balaban J connectivity index is 2.08. The Labute approximate surface area is 116 Å². The first-order valence-electron chi connectivity index (χ1n) is 6.40. The zero-order chi connectivity index (χ0) is 13.0. The van der Waals surface area contributed by atoms with E-state index in [0.29, 0.717) is 6.04 Å². The summed E-state index contributed by atoms with van der Waals surface area (Å²) in [5, 5.41) is 7.72. The van der Waals surface area contributed by atoms with Crippen LogP contribution in [0.5, 0.6) is 0 Å². The molecule has 2 aromatic rings. The Morgan fingerprint density at radius 3 is 2.94 bits per heavy atom. The van der Waals surface area contributed by atoms with Crippen LogP contribution in [-0.2, 0) is 6.42 Å². The molecule has 0 fully saturated rings. The highest BCUT2D eigenvalue weighted by molar-refractivity contribution is 7.16. The normalized spacial score (nSPS) is 12.6. The summed E-state index contributed by atoms with van der Waals surface area (Å²) in [6.45, 7) is 6.53. The van der Waals surface area contributed by atoms with Crippen LogP contribution in [-0.4, -0.2) is 16.0 Å². The number of anilines is 1. The van der Waals surface area contributed by atoms with E-state index in [1.807, 2.05) is 6.20 Å². The van der Waals surface area contributed by atoms with Crippen LogP contribution >= 0.6 is 22.7 Å². The molecule has 1 unspecified atom stereocenters. The van der Waals surface area contributed by atoms with Crippen LogP contribution in [0.25, 0.3) is 10.6 Å². The molecule has 2 aromatic heterocycles. The minimum atomic E-state index is 0.473. The molecule has 0 aromatic carbocycles. The molecule has 0 amide bonds. The molecule has 0 saturated heterocycles. The van der Waals surface area contributed by atoms with E-state index in [4.69, 9.17) is 0 Å². The Kier molecular flexibility index (Phi) is 4.72. The predicted molar refractivity (Wildman–Crippen MR) is 80.6 cm³/mol. The number of nitrogens with zero attached hydrogens (tertiary/aromatic N) is 2. The van der Waals surface area contributed by atoms with Crippen molar-refractivity contribution in [3.05, 3.63) is 16.6 Å². The monoisotopic (exact) mass is 281 g/mol. The molecule has 18 heavy (non-hydrogen) atoms.